The summed E-state index contributed by atoms with van der Waals surface area (Å²) in [4.78, 5) is 12.3. The van der Waals surface area contributed by atoms with Gasteiger partial charge in [0.05, 0.1) is 6.10 Å². The van der Waals surface area contributed by atoms with E-state index in [1.807, 2.05) is 45.2 Å². The number of carbonyl (C=O) groups is 1. The lowest BCUT2D eigenvalue weighted by Crippen LogP contribution is -2.21. The summed E-state index contributed by atoms with van der Waals surface area (Å²) >= 11 is 0. The predicted octanol–water partition coefficient (Wildman–Crippen LogP) is 6.85. The van der Waals surface area contributed by atoms with E-state index in [9.17, 15) is 13.6 Å². The molecule has 0 aliphatic rings. The second-order valence-corrected chi connectivity index (χ2v) is 11.1. The van der Waals surface area contributed by atoms with E-state index in [-0.39, 0.29) is 5.78 Å². The number of alkyl halides is 2. The van der Waals surface area contributed by atoms with Crippen LogP contribution >= 0.6 is 9.24 Å². The Bertz CT molecular complexity index is 1140. The highest BCUT2D eigenvalue weighted by Gasteiger charge is 2.14. The average Bonchev–Trinajstić information content (AvgIpc) is 3.39. The lowest BCUT2D eigenvalue weighted by atomic mass is 9.96. The van der Waals surface area contributed by atoms with Gasteiger partial charge in [-0.25, -0.2) is 0 Å². The lowest BCUT2D eigenvalue weighted by Gasteiger charge is -2.15. The number of rotatable bonds is 13. The molecule has 0 amide bonds. The van der Waals surface area contributed by atoms with Gasteiger partial charge in [0.15, 0.2) is 5.78 Å². The molecule has 228 valence electrons. The number of aryl methyl sites for hydroxylation is 2. The van der Waals surface area contributed by atoms with E-state index in [2.05, 4.69) is 69.3 Å². The number of hydrogen-bond donors (Lipinski definition) is 1. The van der Waals surface area contributed by atoms with Gasteiger partial charge in [0.1, 0.15) is 12.7 Å². The van der Waals surface area contributed by atoms with Gasteiger partial charge in [0.25, 0.3) is 0 Å². The van der Waals surface area contributed by atoms with Gasteiger partial charge in [-0.2, -0.15) is 8.78 Å². The molecule has 0 aliphatic carbocycles. The van der Waals surface area contributed by atoms with Crippen LogP contribution in [-0.2, 0) is 31.2 Å². The van der Waals surface area contributed by atoms with E-state index in [4.69, 9.17) is 0 Å². The molecule has 9 heteroatoms. The molecule has 1 aromatic heterocycles. The van der Waals surface area contributed by atoms with Crippen molar-refractivity contribution in [2.24, 2.45) is 13.0 Å². The molecule has 0 aliphatic heterocycles. The molecule has 41 heavy (non-hydrogen) atoms. The SMILES string of the molecule is CCC(Cc1cccc(C)c1)OC(F)F.CCCC(=O)c1cc(CNCC(C)C)cc(P)c1CC.Cn1cnnc1. The first-order chi connectivity index (χ1) is 19.5. The number of ether oxygens (including phenoxy) is 1. The van der Waals surface area contributed by atoms with Gasteiger partial charge >= 0.3 is 6.61 Å². The molecule has 6 nitrogen and oxygen atoms in total. The number of nitrogens with zero attached hydrogens (tertiary/aromatic N) is 3. The van der Waals surface area contributed by atoms with Crippen molar-refractivity contribution in [1.82, 2.24) is 20.1 Å². The van der Waals surface area contributed by atoms with Gasteiger partial charge in [0, 0.05) is 25.6 Å². The van der Waals surface area contributed by atoms with E-state index in [0.717, 1.165) is 47.9 Å². The van der Waals surface area contributed by atoms with Crippen molar-refractivity contribution in [1.29, 1.82) is 0 Å². The zero-order valence-corrected chi connectivity index (χ0v) is 26.9. The van der Waals surface area contributed by atoms with Crippen LogP contribution in [0.5, 0.6) is 0 Å². The van der Waals surface area contributed by atoms with Crippen LogP contribution in [0.4, 0.5) is 8.78 Å². The smallest absolute Gasteiger partial charge is 0.323 e. The zero-order valence-electron chi connectivity index (χ0n) is 25.8. The molecule has 2 unspecified atom stereocenters. The Kier molecular flexibility index (Phi) is 18.1. The highest BCUT2D eigenvalue weighted by Crippen LogP contribution is 2.17. The Hall–Kier alpha value is -2.54. The van der Waals surface area contributed by atoms with Gasteiger partial charge in [-0.3, -0.25) is 4.79 Å². The standard InChI is InChI=1S/C17H28NOP.C12H16F2O.C3H5N3/c1-5-7-16(19)15-8-13(11-18-10-12(3)4)9-17(20)14(15)6-2;1-3-11(15-12(13)14)8-10-6-4-5-9(2)7-10;1-6-2-4-5-3-6/h8-9,12,18H,5-7,10-11,20H2,1-4H3;4-7,11-12H,3,8H2,1-2H3;2-3H,1H3. The van der Waals surface area contributed by atoms with Crippen molar-refractivity contribution in [3.63, 3.8) is 0 Å². The Morgan fingerprint density at radius 3 is 2.24 bits per heavy atom. The number of ketones is 1. The quantitative estimate of drug-likeness (QED) is 0.174. The summed E-state index contributed by atoms with van der Waals surface area (Å²) in [6.45, 7) is 11.5. The summed E-state index contributed by atoms with van der Waals surface area (Å²) in [6, 6.07) is 12.1. The first-order valence-electron chi connectivity index (χ1n) is 14.4. The fraction of sp³-hybridized carbons (Fsp3) is 0.531. The zero-order chi connectivity index (χ0) is 30.8. The summed E-state index contributed by atoms with van der Waals surface area (Å²) in [5, 5.41) is 11.7. The van der Waals surface area contributed by atoms with Crippen molar-refractivity contribution in [3.05, 3.63) is 76.9 Å². The third-order valence-corrected chi connectivity index (χ3v) is 6.70. The van der Waals surface area contributed by atoms with Gasteiger partial charge in [-0.15, -0.1) is 19.4 Å². The molecular formula is C32H49F2N4O2P. The molecule has 0 fully saturated rings. The Labute approximate surface area is 247 Å². The molecule has 2 atom stereocenters. The second-order valence-electron chi connectivity index (χ2n) is 10.5. The summed E-state index contributed by atoms with van der Waals surface area (Å²) < 4.78 is 30.4. The molecule has 2 aromatic carbocycles. The number of Topliss-reactive ketones (excluding diaryl/α,β-unsaturated/α-hetero) is 1. The maximum absolute atomic E-state index is 12.3. The topological polar surface area (TPSA) is 69.0 Å². The van der Waals surface area contributed by atoms with Crippen LogP contribution in [0.1, 0.15) is 86.5 Å². The third-order valence-electron chi connectivity index (χ3n) is 6.19. The molecule has 0 bridgehead atoms. The molecule has 1 heterocycles. The minimum atomic E-state index is -2.68. The van der Waals surface area contributed by atoms with Crippen LogP contribution in [0.25, 0.3) is 0 Å². The molecule has 0 spiro atoms. The highest BCUT2D eigenvalue weighted by atomic mass is 31.0. The van der Waals surface area contributed by atoms with E-state index < -0.39 is 12.7 Å². The van der Waals surface area contributed by atoms with E-state index in [1.54, 1.807) is 17.2 Å². The number of aromatic nitrogens is 3. The fourth-order valence-electron chi connectivity index (χ4n) is 4.16. The number of benzene rings is 2. The molecule has 1 N–H and O–H groups in total. The van der Waals surface area contributed by atoms with E-state index in [1.165, 1.54) is 11.1 Å². The predicted molar refractivity (Wildman–Crippen MR) is 168 cm³/mol. The van der Waals surface area contributed by atoms with Crippen molar-refractivity contribution >= 4 is 20.3 Å². The minimum Gasteiger partial charge on any atom is -0.323 e. The van der Waals surface area contributed by atoms with E-state index in [0.29, 0.717) is 25.2 Å². The third kappa shape index (κ3) is 15.3. The number of nitrogens with one attached hydrogen (secondary N) is 1. The summed E-state index contributed by atoms with van der Waals surface area (Å²) in [5.74, 6) is 0.917. The maximum atomic E-state index is 12.3. The summed E-state index contributed by atoms with van der Waals surface area (Å²) in [5.41, 5.74) is 5.48. The summed E-state index contributed by atoms with van der Waals surface area (Å²) in [7, 11) is 4.66. The summed E-state index contributed by atoms with van der Waals surface area (Å²) in [6.07, 6.45) is 6.47. The average molecular weight is 591 g/mol. The monoisotopic (exact) mass is 590 g/mol. The van der Waals surface area contributed by atoms with Gasteiger partial charge in [0.2, 0.25) is 0 Å². The molecule has 0 saturated heterocycles. The largest absolute Gasteiger partial charge is 0.345 e. The Morgan fingerprint density at radius 1 is 1.07 bits per heavy atom. The van der Waals surface area contributed by atoms with Crippen LogP contribution in [0, 0.1) is 12.8 Å². The van der Waals surface area contributed by atoms with Gasteiger partial charge in [-0.05, 0) is 73.1 Å². The second kappa shape index (κ2) is 20.4. The minimum absolute atomic E-state index is 0.277. The van der Waals surface area contributed by atoms with E-state index >= 15 is 0 Å². The van der Waals surface area contributed by atoms with Crippen molar-refractivity contribution < 1.29 is 18.3 Å². The van der Waals surface area contributed by atoms with Crippen LogP contribution in [0.2, 0.25) is 0 Å². The fourth-order valence-corrected chi connectivity index (χ4v) is 4.73. The van der Waals surface area contributed by atoms with Crippen LogP contribution in [0.3, 0.4) is 0 Å². The molecule has 0 radical (unpaired) electrons. The van der Waals surface area contributed by atoms with Crippen LogP contribution in [0.15, 0.2) is 49.1 Å². The first kappa shape index (κ1) is 36.5. The van der Waals surface area contributed by atoms with Crippen molar-refractivity contribution in [2.45, 2.75) is 92.9 Å². The highest BCUT2D eigenvalue weighted by molar-refractivity contribution is 7.27. The normalized spacial score (nSPS) is 11.5. The molecule has 0 saturated carbocycles. The number of halogens is 2. The molecule has 3 aromatic rings. The van der Waals surface area contributed by atoms with Gasteiger partial charge < -0.3 is 14.6 Å². The number of hydrogen-bond acceptors (Lipinski definition) is 5. The van der Waals surface area contributed by atoms with Crippen LogP contribution < -0.4 is 10.6 Å². The lowest BCUT2D eigenvalue weighted by molar-refractivity contribution is -0.162. The van der Waals surface area contributed by atoms with Crippen molar-refractivity contribution in [3.8, 4) is 0 Å². The van der Waals surface area contributed by atoms with Crippen LogP contribution in [-0.4, -0.2) is 39.8 Å². The Balaban J connectivity index is 0.000000349. The number of carbonyl (C=O) groups excluding carboxylic acids is 1. The maximum Gasteiger partial charge on any atom is 0.345 e. The first-order valence-corrected chi connectivity index (χ1v) is 15.0. The molecular weight excluding hydrogens is 541 g/mol. The Morgan fingerprint density at radius 2 is 1.76 bits per heavy atom. The van der Waals surface area contributed by atoms with Crippen molar-refractivity contribution in [2.75, 3.05) is 6.54 Å². The molecule has 3 rings (SSSR count). The van der Waals surface area contributed by atoms with Gasteiger partial charge in [-0.1, -0.05) is 70.5 Å².